The molecule has 0 unspecified atom stereocenters. The fourth-order valence-electron chi connectivity index (χ4n) is 2.07. The smallest absolute Gasteiger partial charge is 0.166 e. The lowest BCUT2D eigenvalue weighted by molar-refractivity contribution is 0.281. The number of nitrogens with one attached hydrogen (secondary N) is 1. The Labute approximate surface area is 148 Å². The van der Waals surface area contributed by atoms with Gasteiger partial charge in [-0.1, -0.05) is 41.9 Å². The molecule has 0 heterocycles. The Morgan fingerprint density at radius 1 is 1.17 bits per heavy atom. The van der Waals surface area contributed by atoms with Gasteiger partial charge in [0.1, 0.15) is 6.61 Å². The highest BCUT2D eigenvalue weighted by molar-refractivity contribution is 6.30. The second kappa shape index (κ2) is 10.2. The van der Waals surface area contributed by atoms with Crippen LogP contribution in [0.3, 0.4) is 0 Å². The van der Waals surface area contributed by atoms with Crippen LogP contribution in [0, 0.1) is 0 Å². The predicted molar refractivity (Wildman–Crippen MR) is 97.9 cm³/mol. The number of benzene rings is 2. The highest BCUT2D eigenvalue weighted by Crippen LogP contribution is 2.31. The molecule has 0 saturated heterocycles. The van der Waals surface area contributed by atoms with Crippen LogP contribution in [0.4, 0.5) is 0 Å². The van der Waals surface area contributed by atoms with E-state index in [0.29, 0.717) is 13.2 Å². The molecule has 0 aliphatic rings. The lowest BCUT2D eigenvalue weighted by Crippen LogP contribution is -2.14. The quantitative estimate of drug-likeness (QED) is 0.554. The molecule has 2 rings (SSSR count). The summed E-state index contributed by atoms with van der Waals surface area (Å²) in [4.78, 5) is 0. The molecule has 0 aliphatic carbocycles. The SMILES string of the molecule is C=CCNCc1cccc(OC)c1OCc1ccc(Cl)cc1.Cl. The molecule has 0 radical (unpaired) electrons. The molecule has 0 aliphatic heterocycles. The molecule has 2 aromatic rings. The van der Waals surface area contributed by atoms with Gasteiger partial charge in [0, 0.05) is 23.7 Å². The summed E-state index contributed by atoms with van der Waals surface area (Å²) in [6.45, 7) is 5.60. The second-order valence-electron chi connectivity index (χ2n) is 4.78. The van der Waals surface area contributed by atoms with E-state index in [9.17, 15) is 0 Å². The summed E-state index contributed by atoms with van der Waals surface area (Å²) in [5.74, 6) is 1.49. The summed E-state index contributed by atoms with van der Waals surface area (Å²) in [5, 5.41) is 4.00. The zero-order valence-electron chi connectivity index (χ0n) is 13.0. The summed E-state index contributed by atoms with van der Waals surface area (Å²) in [6, 6.07) is 13.5. The molecule has 0 spiro atoms. The minimum Gasteiger partial charge on any atom is -0.493 e. The Morgan fingerprint density at radius 2 is 1.91 bits per heavy atom. The number of hydrogen-bond acceptors (Lipinski definition) is 3. The number of rotatable bonds is 8. The monoisotopic (exact) mass is 353 g/mol. The molecule has 0 saturated carbocycles. The van der Waals surface area contributed by atoms with Crippen molar-refractivity contribution >= 4 is 24.0 Å². The molecule has 2 aromatic carbocycles. The average Bonchev–Trinajstić information content (AvgIpc) is 2.55. The highest BCUT2D eigenvalue weighted by Gasteiger charge is 2.10. The molecule has 0 atom stereocenters. The highest BCUT2D eigenvalue weighted by atomic mass is 35.5. The minimum absolute atomic E-state index is 0. The molecule has 5 heteroatoms. The zero-order chi connectivity index (χ0) is 15.8. The van der Waals surface area contributed by atoms with Gasteiger partial charge in [0.2, 0.25) is 0 Å². The maximum atomic E-state index is 5.98. The van der Waals surface area contributed by atoms with Crippen LogP contribution in [0.15, 0.2) is 55.1 Å². The van der Waals surface area contributed by atoms with Crippen LogP contribution < -0.4 is 14.8 Å². The Kier molecular flexibility index (Phi) is 8.56. The first-order valence-electron chi connectivity index (χ1n) is 7.09. The topological polar surface area (TPSA) is 30.5 Å². The van der Waals surface area contributed by atoms with Gasteiger partial charge in [0.15, 0.2) is 11.5 Å². The summed E-state index contributed by atoms with van der Waals surface area (Å²) in [6.07, 6.45) is 1.83. The second-order valence-corrected chi connectivity index (χ2v) is 5.22. The van der Waals surface area contributed by atoms with Crippen molar-refractivity contribution in [2.75, 3.05) is 13.7 Å². The Balaban J connectivity index is 0.00000264. The molecule has 124 valence electrons. The first kappa shape index (κ1) is 19.4. The number of halogens is 2. The Bertz CT molecular complexity index is 615. The molecule has 3 nitrogen and oxygen atoms in total. The summed E-state index contributed by atoms with van der Waals surface area (Å²) in [5.41, 5.74) is 2.11. The van der Waals surface area contributed by atoms with Crippen LogP contribution >= 0.6 is 24.0 Å². The molecule has 0 amide bonds. The van der Waals surface area contributed by atoms with Crippen molar-refractivity contribution in [1.82, 2.24) is 5.32 Å². The van der Waals surface area contributed by atoms with Crippen molar-refractivity contribution < 1.29 is 9.47 Å². The van der Waals surface area contributed by atoms with E-state index >= 15 is 0 Å². The van der Waals surface area contributed by atoms with E-state index in [1.54, 1.807) is 7.11 Å². The molecule has 0 bridgehead atoms. The van der Waals surface area contributed by atoms with E-state index in [1.807, 2.05) is 48.5 Å². The van der Waals surface area contributed by atoms with Crippen molar-refractivity contribution in [3.63, 3.8) is 0 Å². The van der Waals surface area contributed by atoms with Gasteiger partial charge in [0.05, 0.1) is 7.11 Å². The van der Waals surface area contributed by atoms with Crippen molar-refractivity contribution in [3.8, 4) is 11.5 Å². The standard InChI is InChI=1S/C18H20ClNO2.ClH/c1-3-11-20-12-15-5-4-6-17(21-2)18(15)22-13-14-7-9-16(19)10-8-14;/h3-10,20H,1,11-13H2,2H3;1H. The largest absolute Gasteiger partial charge is 0.493 e. The molecular formula is C18H21Cl2NO2. The lowest BCUT2D eigenvalue weighted by Gasteiger charge is -2.15. The summed E-state index contributed by atoms with van der Waals surface area (Å²) in [7, 11) is 1.64. The van der Waals surface area contributed by atoms with Crippen molar-refractivity contribution in [3.05, 3.63) is 71.3 Å². The first-order chi connectivity index (χ1) is 10.7. The van der Waals surface area contributed by atoms with E-state index in [4.69, 9.17) is 21.1 Å². The van der Waals surface area contributed by atoms with Gasteiger partial charge in [-0.3, -0.25) is 0 Å². The molecule has 0 aromatic heterocycles. The number of ether oxygens (including phenoxy) is 2. The van der Waals surface area contributed by atoms with Gasteiger partial charge < -0.3 is 14.8 Å². The van der Waals surface area contributed by atoms with Crippen LogP contribution in [-0.4, -0.2) is 13.7 Å². The third kappa shape index (κ3) is 5.79. The van der Waals surface area contributed by atoms with Crippen molar-refractivity contribution in [2.24, 2.45) is 0 Å². The van der Waals surface area contributed by atoms with E-state index < -0.39 is 0 Å². The summed E-state index contributed by atoms with van der Waals surface area (Å²) >= 11 is 5.90. The van der Waals surface area contributed by atoms with Crippen molar-refractivity contribution in [1.29, 1.82) is 0 Å². The fraction of sp³-hybridized carbons (Fsp3) is 0.222. The minimum atomic E-state index is 0. The van der Waals surface area contributed by atoms with Crippen LogP contribution in [0.1, 0.15) is 11.1 Å². The van der Waals surface area contributed by atoms with Crippen LogP contribution in [0.25, 0.3) is 0 Å². The average molecular weight is 354 g/mol. The summed E-state index contributed by atoms with van der Waals surface area (Å²) < 4.78 is 11.4. The van der Waals surface area contributed by atoms with E-state index in [2.05, 4.69) is 11.9 Å². The predicted octanol–water partition coefficient (Wildman–Crippen LogP) is 4.63. The molecule has 1 N–H and O–H groups in total. The zero-order valence-corrected chi connectivity index (χ0v) is 14.6. The lowest BCUT2D eigenvalue weighted by atomic mass is 10.1. The van der Waals surface area contributed by atoms with Crippen molar-refractivity contribution in [2.45, 2.75) is 13.2 Å². The maximum Gasteiger partial charge on any atom is 0.166 e. The van der Waals surface area contributed by atoms with Gasteiger partial charge in [-0.05, 0) is 23.8 Å². The first-order valence-corrected chi connectivity index (χ1v) is 7.47. The van der Waals surface area contributed by atoms with E-state index in [0.717, 1.165) is 34.2 Å². The third-order valence-electron chi connectivity index (χ3n) is 3.18. The van der Waals surface area contributed by atoms with E-state index in [-0.39, 0.29) is 12.4 Å². The Morgan fingerprint density at radius 3 is 2.57 bits per heavy atom. The van der Waals surface area contributed by atoms with Crippen LogP contribution in [0.5, 0.6) is 11.5 Å². The molecular weight excluding hydrogens is 333 g/mol. The van der Waals surface area contributed by atoms with E-state index in [1.165, 1.54) is 0 Å². The maximum absolute atomic E-state index is 5.98. The normalized spacial score (nSPS) is 9.83. The number of hydrogen-bond donors (Lipinski definition) is 1. The Hall–Kier alpha value is -1.68. The van der Waals surface area contributed by atoms with Gasteiger partial charge in [-0.25, -0.2) is 0 Å². The number of para-hydroxylation sites is 1. The van der Waals surface area contributed by atoms with Gasteiger partial charge in [-0.2, -0.15) is 0 Å². The van der Waals surface area contributed by atoms with Crippen LogP contribution in [-0.2, 0) is 13.2 Å². The molecule has 23 heavy (non-hydrogen) atoms. The van der Waals surface area contributed by atoms with Crippen LogP contribution in [0.2, 0.25) is 5.02 Å². The number of methoxy groups -OCH3 is 1. The van der Waals surface area contributed by atoms with Gasteiger partial charge in [0.25, 0.3) is 0 Å². The third-order valence-corrected chi connectivity index (χ3v) is 3.43. The fourth-order valence-corrected chi connectivity index (χ4v) is 2.20. The molecule has 0 fully saturated rings. The van der Waals surface area contributed by atoms with Gasteiger partial charge >= 0.3 is 0 Å². The van der Waals surface area contributed by atoms with Gasteiger partial charge in [-0.15, -0.1) is 19.0 Å².